The summed E-state index contributed by atoms with van der Waals surface area (Å²) < 4.78 is 5.86. The molecule has 0 spiro atoms. The van der Waals surface area contributed by atoms with Crippen LogP contribution in [0.15, 0.2) is 11.6 Å². The van der Waals surface area contributed by atoms with Crippen LogP contribution in [0.1, 0.15) is 72.1 Å². The van der Waals surface area contributed by atoms with Gasteiger partial charge >= 0.3 is 0 Å². The molecule has 2 aliphatic carbocycles. The molecular weight excluding hydrogens is 336 g/mol. The number of hydrogen-bond acceptors (Lipinski definition) is 2. The van der Waals surface area contributed by atoms with Crippen molar-refractivity contribution in [1.82, 2.24) is 0 Å². The van der Waals surface area contributed by atoms with Gasteiger partial charge in [-0.05, 0) is 70.5 Å². The van der Waals surface area contributed by atoms with E-state index in [9.17, 15) is 4.79 Å². The van der Waals surface area contributed by atoms with E-state index in [1.54, 1.807) is 0 Å². The van der Waals surface area contributed by atoms with Gasteiger partial charge in [0, 0.05) is 30.8 Å². The summed E-state index contributed by atoms with van der Waals surface area (Å²) in [5, 5.41) is 0. The van der Waals surface area contributed by atoms with Crippen LogP contribution in [0.3, 0.4) is 0 Å². The number of carbonyl (C=O) groups is 1. The highest BCUT2D eigenvalue weighted by Gasteiger charge is 2.54. The van der Waals surface area contributed by atoms with Crippen LogP contribution in [0.2, 0.25) is 19.6 Å². The van der Waals surface area contributed by atoms with E-state index in [1.165, 1.54) is 5.57 Å². The first-order valence-electron chi connectivity index (χ1n) is 10.5. The molecule has 0 N–H and O–H groups in total. The summed E-state index contributed by atoms with van der Waals surface area (Å²) in [7, 11) is -1.39. The van der Waals surface area contributed by atoms with E-state index in [0.29, 0.717) is 5.78 Å². The fourth-order valence-corrected chi connectivity index (χ4v) is 5.37. The van der Waals surface area contributed by atoms with E-state index in [1.807, 2.05) is 0 Å². The molecule has 2 rings (SSSR count). The predicted octanol–water partition coefficient (Wildman–Crippen LogP) is 6.13. The van der Waals surface area contributed by atoms with Crippen molar-refractivity contribution in [2.45, 2.75) is 91.8 Å². The number of carbonyl (C=O) groups excluding carboxylic acids is 1. The van der Waals surface area contributed by atoms with Crippen molar-refractivity contribution in [3.05, 3.63) is 11.6 Å². The lowest BCUT2D eigenvalue weighted by molar-refractivity contribution is -0.141. The summed E-state index contributed by atoms with van der Waals surface area (Å²) >= 11 is 0. The molecule has 0 radical (unpaired) electrons. The zero-order chi connectivity index (χ0) is 19.4. The third-order valence-corrected chi connectivity index (χ3v) is 7.87. The Bertz CT molecular complexity index is 604. The predicted molar refractivity (Wildman–Crippen MR) is 112 cm³/mol. The van der Waals surface area contributed by atoms with Crippen molar-refractivity contribution in [3.63, 3.8) is 0 Å². The van der Waals surface area contributed by atoms with Gasteiger partial charge in [0.2, 0.25) is 0 Å². The Kier molecular flexibility index (Phi) is 6.96. The van der Waals surface area contributed by atoms with Crippen LogP contribution in [0.25, 0.3) is 0 Å². The van der Waals surface area contributed by atoms with E-state index in [0.717, 1.165) is 58.0 Å². The van der Waals surface area contributed by atoms with Gasteiger partial charge in [0.25, 0.3) is 0 Å². The SMILES string of the molecule is CCC1(CCC#CCCCO[Si](C)(C)C)CCC2(C)C(C)=CCC2C1=O. The largest absolute Gasteiger partial charge is 0.418 e. The Morgan fingerprint density at radius 2 is 1.92 bits per heavy atom. The van der Waals surface area contributed by atoms with Crippen molar-refractivity contribution >= 4 is 14.1 Å². The standard InChI is InChI=1S/C23H38O2Si/c1-7-23(15-11-9-8-10-12-18-25-26(4,5)6)17-16-22(3)19(2)13-14-20(22)21(23)24/h13,20H,7,10-12,14-18H2,1-6H3. The molecule has 2 nitrogen and oxygen atoms in total. The lowest BCUT2D eigenvalue weighted by Crippen LogP contribution is -2.47. The number of hydrogen-bond donors (Lipinski definition) is 0. The molecule has 0 aromatic carbocycles. The second-order valence-electron chi connectivity index (χ2n) is 9.51. The number of ketones is 1. The molecule has 0 saturated heterocycles. The lowest BCUT2D eigenvalue weighted by atomic mass is 9.55. The molecule has 0 bridgehead atoms. The van der Waals surface area contributed by atoms with E-state index in [-0.39, 0.29) is 16.7 Å². The molecular formula is C23H38O2Si. The number of unbranched alkanes of at least 4 members (excludes halogenated alkanes) is 1. The highest BCUT2D eigenvalue weighted by Crippen LogP contribution is 2.57. The highest BCUT2D eigenvalue weighted by atomic mass is 28.4. The second kappa shape index (κ2) is 8.44. The van der Waals surface area contributed by atoms with Crippen molar-refractivity contribution < 1.29 is 9.22 Å². The lowest BCUT2D eigenvalue weighted by Gasteiger charge is -2.47. The van der Waals surface area contributed by atoms with Gasteiger partial charge in [-0.1, -0.05) is 25.5 Å². The monoisotopic (exact) mass is 374 g/mol. The third-order valence-electron chi connectivity index (χ3n) is 6.80. The minimum absolute atomic E-state index is 0.123. The summed E-state index contributed by atoms with van der Waals surface area (Å²) in [5.41, 5.74) is 1.43. The average Bonchev–Trinajstić information content (AvgIpc) is 2.87. The molecule has 146 valence electrons. The van der Waals surface area contributed by atoms with Crippen LogP contribution in [0.5, 0.6) is 0 Å². The van der Waals surface area contributed by atoms with Gasteiger partial charge in [-0.15, -0.1) is 11.8 Å². The van der Waals surface area contributed by atoms with Crippen molar-refractivity contribution in [2.24, 2.45) is 16.7 Å². The smallest absolute Gasteiger partial charge is 0.183 e. The minimum atomic E-state index is -1.39. The topological polar surface area (TPSA) is 26.3 Å². The normalized spacial score (nSPS) is 31.2. The van der Waals surface area contributed by atoms with Crippen LogP contribution in [0.4, 0.5) is 0 Å². The molecule has 0 amide bonds. The quantitative estimate of drug-likeness (QED) is 0.232. The van der Waals surface area contributed by atoms with Gasteiger partial charge in [-0.25, -0.2) is 0 Å². The summed E-state index contributed by atoms with van der Waals surface area (Å²) in [5.74, 6) is 7.35. The first-order valence-corrected chi connectivity index (χ1v) is 13.9. The molecule has 1 fully saturated rings. The number of rotatable bonds is 7. The Morgan fingerprint density at radius 3 is 2.58 bits per heavy atom. The second-order valence-corrected chi connectivity index (χ2v) is 14.0. The minimum Gasteiger partial charge on any atom is -0.418 e. The van der Waals surface area contributed by atoms with E-state index < -0.39 is 8.32 Å². The van der Waals surface area contributed by atoms with Crippen LogP contribution in [-0.4, -0.2) is 20.7 Å². The summed E-state index contributed by atoms with van der Waals surface area (Å²) in [6.45, 7) is 14.2. The third kappa shape index (κ3) is 4.70. The van der Waals surface area contributed by atoms with Gasteiger partial charge in [0.15, 0.2) is 8.32 Å². The maximum atomic E-state index is 13.3. The molecule has 0 aliphatic heterocycles. The number of fused-ring (bicyclic) bond motifs is 1. The van der Waals surface area contributed by atoms with E-state index in [4.69, 9.17) is 4.43 Å². The van der Waals surface area contributed by atoms with Gasteiger partial charge < -0.3 is 4.43 Å². The molecule has 3 unspecified atom stereocenters. The zero-order valence-electron chi connectivity index (χ0n) is 17.8. The Labute approximate surface area is 162 Å². The molecule has 0 aromatic heterocycles. The maximum absolute atomic E-state index is 13.3. The first kappa shape index (κ1) is 21.4. The molecule has 26 heavy (non-hydrogen) atoms. The number of allylic oxidation sites excluding steroid dienone is 2. The van der Waals surface area contributed by atoms with Crippen molar-refractivity contribution in [3.8, 4) is 11.8 Å². The fraction of sp³-hybridized carbons (Fsp3) is 0.783. The number of Topliss-reactive ketones (excluding diaryl/α,β-unsaturated/α-hetero) is 1. The Morgan fingerprint density at radius 1 is 1.23 bits per heavy atom. The van der Waals surface area contributed by atoms with Crippen LogP contribution in [-0.2, 0) is 9.22 Å². The average molecular weight is 375 g/mol. The van der Waals surface area contributed by atoms with E-state index >= 15 is 0 Å². The summed E-state index contributed by atoms with van der Waals surface area (Å²) in [6, 6.07) is 0. The van der Waals surface area contributed by atoms with Crippen LogP contribution >= 0.6 is 0 Å². The summed E-state index contributed by atoms with van der Waals surface area (Å²) in [6.07, 6.45) is 10.1. The molecule has 0 heterocycles. The summed E-state index contributed by atoms with van der Waals surface area (Å²) in [4.78, 5) is 13.3. The van der Waals surface area contributed by atoms with Gasteiger partial charge in [0.1, 0.15) is 5.78 Å². The van der Waals surface area contributed by atoms with Crippen molar-refractivity contribution in [1.29, 1.82) is 0 Å². The first-order chi connectivity index (χ1) is 12.1. The molecule has 0 aromatic rings. The highest BCUT2D eigenvalue weighted by molar-refractivity contribution is 6.69. The van der Waals surface area contributed by atoms with Gasteiger partial charge in [-0.2, -0.15) is 0 Å². The maximum Gasteiger partial charge on any atom is 0.183 e. The fourth-order valence-electron chi connectivity index (χ4n) is 4.62. The van der Waals surface area contributed by atoms with Gasteiger partial charge in [0.05, 0.1) is 0 Å². The van der Waals surface area contributed by atoms with Gasteiger partial charge in [-0.3, -0.25) is 4.79 Å². The van der Waals surface area contributed by atoms with Crippen molar-refractivity contribution in [2.75, 3.05) is 6.61 Å². The Hall–Kier alpha value is -0.853. The van der Waals surface area contributed by atoms with Crippen LogP contribution < -0.4 is 0 Å². The molecule has 2 aliphatic rings. The Balaban J connectivity index is 1.83. The molecule has 1 saturated carbocycles. The molecule has 3 atom stereocenters. The zero-order valence-corrected chi connectivity index (χ0v) is 18.8. The van der Waals surface area contributed by atoms with E-state index in [2.05, 4.69) is 58.3 Å². The molecule has 3 heteroatoms. The van der Waals surface area contributed by atoms with Crippen LogP contribution in [0, 0.1) is 28.6 Å².